The number of ether oxygens (including phenoxy) is 3. The number of rotatable bonds is 8. The smallest absolute Gasteiger partial charge is 0.434 e. The number of carbonyl (C=O) groups is 2. The zero-order valence-corrected chi connectivity index (χ0v) is 17.0. The maximum absolute atomic E-state index is 10.9. The van der Waals surface area contributed by atoms with Crippen LogP contribution in [0.5, 0.6) is 0 Å². The third-order valence-corrected chi connectivity index (χ3v) is 2.82. The Kier molecular flexibility index (Phi) is 21.1. The minimum atomic E-state index is -1.05. The molecule has 0 aromatic carbocycles. The molecule has 0 aromatic heterocycles. The minimum absolute atomic E-state index is 0.172. The first kappa shape index (κ1) is 27.6. The molecule has 0 aliphatic heterocycles. The molecule has 2 N–H and O–H groups in total. The lowest BCUT2D eigenvalue weighted by atomic mass is 10.4. The highest BCUT2D eigenvalue weighted by Gasteiger charge is 2.12. The van der Waals surface area contributed by atoms with Gasteiger partial charge in [0.25, 0.3) is 0 Å². The summed E-state index contributed by atoms with van der Waals surface area (Å²) < 4.78 is 13.4. The van der Waals surface area contributed by atoms with Gasteiger partial charge in [-0.2, -0.15) is 0 Å². The summed E-state index contributed by atoms with van der Waals surface area (Å²) in [6.45, 7) is 3.45. The molecule has 0 bridgehead atoms. The summed E-state index contributed by atoms with van der Waals surface area (Å²) in [4.78, 5) is 21.8. The van der Waals surface area contributed by atoms with E-state index in [4.69, 9.17) is 33.4 Å². The van der Waals surface area contributed by atoms with Crippen molar-refractivity contribution >= 4 is 35.5 Å². The van der Waals surface area contributed by atoms with Crippen LogP contribution in [0.4, 0.5) is 9.59 Å². The molecule has 154 valence electrons. The highest BCUT2D eigenvalue weighted by molar-refractivity contribution is 6.18. The molecule has 0 amide bonds. The van der Waals surface area contributed by atoms with E-state index in [2.05, 4.69) is 37.9 Å². The average Bonchev–Trinajstić information content (AvgIpc) is 2.60. The van der Waals surface area contributed by atoms with Crippen molar-refractivity contribution in [2.75, 3.05) is 25.0 Å². The van der Waals surface area contributed by atoms with Gasteiger partial charge < -0.3 is 24.4 Å². The first-order valence-electron chi connectivity index (χ1n) is 8.34. The highest BCUT2D eigenvalue weighted by Crippen LogP contribution is 1.98. The van der Waals surface area contributed by atoms with Crippen molar-refractivity contribution in [2.24, 2.45) is 0 Å². The minimum Gasteiger partial charge on any atom is -0.434 e. The monoisotopic (exact) mass is 424 g/mol. The van der Waals surface area contributed by atoms with Gasteiger partial charge in [-0.25, -0.2) is 9.59 Å². The SMILES string of the molecule is CC(O)C#CC#CC(C)O.O=C(OCCCCCl)OC(=O)OCCCCCl. The highest BCUT2D eigenvalue weighted by atomic mass is 35.5. The lowest BCUT2D eigenvalue weighted by molar-refractivity contribution is 0.0357. The summed E-state index contributed by atoms with van der Waals surface area (Å²) in [6.07, 6.45) is -0.683. The zero-order chi connectivity index (χ0) is 20.9. The Morgan fingerprint density at radius 3 is 1.48 bits per heavy atom. The number of carbonyl (C=O) groups excluding carboxylic acids is 2. The second kappa shape index (κ2) is 20.7. The molecule has 7 nitrogen and oxygen atoms in total. The van der Waals surface area contributed by atoms with Crippen LogP contribution in [0.25, 0.3) is 0 Å². The summed E-state index contributed by atoms with van der Waals surface area (Å²) in [5, 5.41) is 17.2. The Morgan fingerprint density at radius 1 is 0.815 bits per heavy atom. The predicted octanol–water partition coefficient (Wildman–Crippen LogP) is 3.07. The third kappa shape index (κ3) is 26.7. The Bertz CT molecular complexity index is 467. The summed E-state index contributed by atoms with van der Waals surface area (Å²) in [7, 11) is 0. The number of hydrogen-bond donors (Lipinski definition) is 2. The molecule has 0 saturated heterocycles. The van der Waals surface area contributed by atoms with Crippen molar-refractivity contribution in [3.05, 3.63) is 0 Å². The van der Waals surface area contributed by atoms with Crippen molar-refractivity contribution in [1.82, 2.24) is 0 Å². The van der Waals surface area contributed by atoms with Crippen LogP contribution in [0, 0.1) is 23.7 Å². The van der Waals surface area contributed by atoms with Crippen molar-refractivity contribution in [3.8, 4) is 23.7 Å². The van der Waals surface area contributed by atoms with Crippen LogP contribution in [0.15, 0.2) is 0 Å². The van der Waals surface area contributed by atoms with E-state index in [1.54, 1.807) is 13.8 Å². The molecule has 0 fully saturated rings. The lowest BCUT2D eigenvalue weighted by Crippen LogP contribution is -2.16. The van der Waals surface area contributed by atoms with Crippen molar-refractivity contribution in [1.29, 1.82) is 0 Å². The average molecular weight is 425 g/mol. The van der Waals surface area contributed by atoms with E-state index < -0.39 is 24.5 Å². The normalized spacial score (nSPS) is 11.2. The van der Waals surface area contributed by atoms with Crippen LogP contribution in [0.1, 0.15) is 39.5 Å². The second-order valence-corrected chi connectivity index (χ2v) is 5.74. The molecule has 9 heteroatoms. The number of alkyl halides is 2. The number of aliphatic hydroxyl groups excluding tert-OH is 2. The maximum atomic E-state index is 10.9. The van der Waals surface area contributed by atoms with Gasteiger partial charge >= 0.3 is 12.3 Å². The van der Waals surface area contributed by atoms with Crippen LogP contribution in [-0.2, 0) is 14.2 Å². The van der Waals surface area contributed by atoms with E-state index in [1.165, 1.54) is 0 Å². The fourth-order valence-electron chi connectivity index (χ4n) is 1.11. The molecule has 0 heterocycles. The van der Waals surface area contributed by atoms with Crippen LogP contribution in [-0.4, -0.2) is 59.7 Å². The van der Waals surface area contributed by atoms with Gasteiger partial charge in [0.15, 0.2) is 0 Å². The van der Waals surface area contributed by atoms with E-state index in [0.29, 0.717) is 24.6 Å². The summed E-state index contributed by atoms with van der Waals surface area (Å²) in [5.41, 5.74) is 0. The fraction of sp³-hybridized carbons (Fsp3) is 0.667. The Morgan fingerprint density at radius 2 is 1.19 bits per heavy atom. The van der Waals surface area contributed by atoms with E-state index in [-0.39, 0.29) is 13.2 Å². The number of halogens is 2. The van der Waals surface area contributed by atoms with Crippen LogP contribution >= 0.6 is 23.2 Å². The molecule has 0 aromatic rings. The lowest BCUT2D eigenvalue weighted by Gasteiger charge is -2.05. The van der Waals surface area contributed by atoms with Gasteiger partial charge in [-0.15, -0.1) is 23.2 Å². The van der Waals surface area contributed by atoms with Crippen molar-refractivity contribution < 1.29 is 34.0 Å². The van der Waals surface area contributed by atoms with E-state index in [1.807, 2.05) is 0 Å². The zero-order valence-electron chi connectivity index (χ0n) is 15.5. The topological polar surface area (TPSA) is 102 Å². The molecule has 0 saturated carbocycles. The van der Waals surface area contributed by atoms with Gasteiger partial charge in [0, 0.05) is 11.8 Å². The molecule has 0 aliphatic carbocycles. The molecule has 0 rings (SSSR count). The number of unbranched alkanes of at least 4 members (excludes halogenated alkanes) is 2. The Balaban J connectivity index is 0. The largest absolute Gasteiger partial charge is 0.518 e. The van der Waals surface area contributed by atoms with Crippen LogP contribution in [0.3, 0.4) is 0 Å². The Labute approximate surface area is 170 Å². The quantitative estimate of drug-likeness (QED) is 0.203. The van der Waals surface area contributed by atoms with Crippen LogP contribution < -0.4 is 0 Å². The predicted molar refractivity (Wildman–Crippen MR) is 103 cm³/mol. The van der Waals surface area contributed by atoms with E-state index in [9.17, 15) is 9.59 Å². The molecule has 0 radical (unpaired) electrons. The molecule has 0 spiro atoms. The van der Waals surface area contributed by atoms with Gasteiger partial charge in [0.1, 0.15) is 12.2 Å². The fourth-order valence-corrected chi connectivity index (χ4v) is 1.49. The van der Waals surface area contributed by atoms with Gasteiger partial charge in [-0.05, 0) is 51.4 Å². The van der Waals surface area contributed by atoms with Gasteiger partial charge in [0.05, 0.1) is 13.2 Å². The Hall–Kier alpha value is -1.64. The van der Waals surface area contributed by atoms with Crippen molar-refractivity contribution in [3.63, 3.8) is 0 Å². The molecule has 27 heavy (non-hydrogen) atoms. The van der Waals surface area contributed by atoms with Gasteiger partial charge in [-0.3, -0.25) is 0 Å². The van der Waals surface area contributed by atoms with Gasteiger partial charge in [0.2, 0.25) is 0 Å². The van der Waals surface area contributed by atoms with Crippen molar-refractivity contribution in [2.45, 2.75) is 51.7 Å². The standard InChI is InChI=1S/C10H16Cl2O5.C8H10O2/c11-5-1-3-7-15-9(13)17-10(14)16-8-4-2-6-12;1-7(9)5-3-4-6-8(2)10/h1-8H2;7-10H,1-2H3. The molecular formula is C18H26Cl2O7. The first-order valence-corrected chi connectivity index (χ1v) is 9.40. The maximum Gasteiger partial charge on any atom is 0.518 e. The molecule has 2 unspecified atom stereocenters. The first-order chi connectivity index (χ1) is 12.8. The van der Waals surface area contributed by atoms with Crippen LogP contribution in [0.2, 0.25) is 0 Å². The molecule has 2 atom stereocenters. The number of hydrogen-bond acceptors (Lipinski definition) is 7. The summed E-state index contributed by atoms with van der Waals surface area (Å²) >= 11 is 10.9. The van der Waals surface area contributed by atoms with Gasteiger partial charge in [-0.1, -0.05) is 11.8 Å². The second-order valence-electron chi connectivity index (χ2n) is 4.98. The van der Waals surface area contributed by atoms with E-state index >= 15 is 0 Å². The molecular weight excluding hydrogens is 399 g/mol. The van der Waals surface area contributed by atoms with E-state index in [0.717, 1.165) is 12.8 Å². The summed E-state index contributed by atoms with van der Waals surface area (Å²) in [5.74, 6) is 10.6. The number of aliphatic hydroxyl groups is 2. The third-order valence-electron chi connectivity index (χ3n) is 2.29. The summed E-state index contributed by atoms with van der Waals surface area (Å²) in [6, 6.07) is 0. The molecule has 0 aliphatic rings.